The van der Waals surface area contributed by atoms with Gasteiger partial charge in [0.1, 0.15) is 5.82 Å². The van der Waals surface area contributed by atoms with Gasteiger partial charge >= 0.3 is 5.97 Å². The fraction of sp³-hybridized carbons (Fsp3) is 0.100. The molecule has 0 fully saturated rings. The molecule has 0 radical (unpaired) electrons. The molecule has 0 bridgehead atoms. The van der Waals surface area contributed by atoms with Crippen molar-refractivity contribution in [3.8, 4) is 0 Å². The number of halogens is 2. The molecule has 148 valence electrons. The molecular formula is C20H15ClFN3O4. The van der Waals surface area contributed by atoms with E-state index in [1.165, 1.54) is 18.2 Å². The number of hydrogen-bond acceptors (Lipinski definition) is 5. The highest BCUT2D eigenvalue weighted by atomic mass is 35.5. The Balaban J connectivity index is 1.62. The number of nitrogens with one attached hydrogen (secondary N) is 1. The zero-order chi connectivity index (χ0) is 20.8. The third-order valence-electron chi connectivity index (χ3n) is 3.79. The van der Waals surface area contributed by atoms with Crippen LogP contribution in [-0.4, -0.2) is 28.3 Å². The summed E-state index contributed by atoms with van der Waals surface area (Å²) in [4.78, 5) is 36.1. The summed E-state index contributed by atoms with van der Waals surface area (Å²) in [5.41, 5.74) is 0.522. The van der Waals surface area contributed by atoms with Crippen molar-refractivity contribution in [2.24, 2.45) is 0 Å². The van der Waals surface area contributed by atoms with Crippen LogP contribution in [0.15, 0.2) is 65.5 Å². The van der Waals surface area contributed by atoms with E-state index < -0.39 is 24.3 Å². The van der Waals surface area contributed by atoms with E-state index in [-0.39, 0.29) is 28.5 Å². The summed E-state index contributed by atoms with van der Waals surface area (Å²) in [6.45, 7) is -0.420. The number of amides is 1. The summed E-state index contributed by atoms with van der Waals surface area (Å²) in [5.74, 6) is -2.08. The Morgan fingerprint density at radius 2 is 1.86 bits per heavy atom. The van der Waals surface area contributed by atoms with Crippen LogP contribution in [0.1, 0.15) is 16.1 Å². The van der Waals surface area contributed by atoms with Crippen LogP contribution in [0.3, 0.4) is 0 Å². The van der Waals surface area contributed by atoms with Crippen LogP contribution in [0.4, 0.5) is 10.1 Å². The van der Waals surface area contributed by atoms with Gasteiger partial charge in [0.15, 0.2) is 12.3 Å². The van der Waals surface area contributed by atoms with Gasteiger partial charge in [-0.05, 0) is 29.8 Å². The maximum absolute atomic E-state index is 13.0. The summed E-state index contributed by atoms with van der Waals surface area (Å²) in [5, 5.41) is 6.41. The summed E-state index contributed by atoms with van der Waals surface area (Å²) in [6, 6.07) is 15.0. The fourth-order valence-corrected chi connectivity index (χ4v) is 2.62. The highest BCUT2D eigenvalue weighted by Crippen LogP contribution is 2.22. The molecule has 0 saturated carbocycles. The smallest absolute Gasteiger partial charge is 0.359 e. The number of nitrogens with zero attached hydrogens (tertiary/aromatic N) is 2. The molecule has 0 unspecified atom stereocenters. The average Bonchev–Trinajstić information content (AvgIpc) is 2.71. The second-order valence-corrected chi connectivity index (χ2v) is 6.36. The Hall–Kier alpha value is -3.52. The van der Waals surface area contributed by atoms with Gasteiger partial charge in [-0.2, -0.15) is 5.10 Å². The molecule has 9 heteroatoms. The highest BCUT2D eigenvalue weighted by molar-refractivity contribution is 6.33. The largest absolute Gasteiger partial charge is 0.451 e. The molecule has 1 N–H and O–H groups in total. The summed E-state index contributed by atoms with van der Waals surface area (Å²) in [7, 11) is 0. The number of carbonyl (C=O) groups excluding carboxylic acids is 2. The minimum absolute atomic E-state index is 0.0133. The lowest BCUT2D eigenvalue weighted by Crippen LogP contribution is -2.26. The van der Waals surface area contributed by atoms with E-state index in [1.54, 1.807) is 0 Å². The number of carbonyl (C=O) groups is 2. The minimum Gasteiger partial charge on any atom is -0.451 e. The molecule has 3 rings (SSSR count). The summed E-state index contributed by atoms with van der Waals surface area (Å²) < 4.78 is 19.1. The third kappa shape index (κ3) is 5.49. The van der Waals surface area contributed by atoms with Crippen LogP contribution < -0.4 is 10.9 Å². The summed E-state index contributed by atoms with van der Waals surface area (Å²) >= 11 is 5.83. The number of aromatic nitrogens is 2. The molecule has 0 aliphatic heterocycles. The molecule has 0 aliphatic rings. The van der Waals surface area contributed by atoms with E-state index in [2.05, 4.69) is 10.4 Å². The van der Waals surface area contributed by atoms with E-state index >= 15 is 0 Å². The van der Waals surface area contributed by atoms with Gasteiger partial charge in [0.05, 0.1) is 17.3 Å². The standard InChI is InChI=1S/C20H15ClFN3O4/c21-15-10-14(22)6-7-16(15)23-18(26)12-29-20(28)17-8-9-19(27)25(24-17)11-13-4-2-1-3-5-13/h1-10H,11-12H2,(H,23,26). The molecular weight excluding hydrogens is 401 g/mol. The van der Waals surface area contributed by atoms with Gasteiger partial charge < -0.3 is 10.1 Å². The predicted molar refractivity (Wildman–Crippen MR) is 104 cm³/mol. The van der Waals surface area contributed by atoms with Crippen LogP contribution in [0.25, 0.3) is 0 Å². The summed E-state index contributed by atoms with van der Waals surface area (Å²) in [6.07, 6.45) is 0. The number of hydrogen-bond donors (Lipinski definition) is 1. The first-order valence-electron chi connectivity index (χ1n) is 8.46. The van der Waals surface area contributed by atoms with E-state index in [1.807, 2.05) is 30.3 Å². The maximum Gasteiger partial charge on any atom is 0.359 e. The Labute approximate surface area is 169 Å². The van der Waals surface area contributed by atoms with E-state index in [0.717, 1.165) is 22.4 Å². The lowest BCUT2D eigenvalue weighted by molar-refractivity contribution is -0.119. The van der Waals surface area contributed by atoms with E-state index in [9.17, 15) is 18.8 Å². The zero-order valence-electron chi connectivity index (χ0n) is 15.0. The molecule has 0 aliphatic carbocycles. The number of ether oxygens (including phenoxy) is 1. The normalized spacial score (nSPS) is 10.4. The topological polar surface area (TPSA) is 90.3 Å². The van der Waals surface area contributed by atoms with Gasteiger partial charge in [0.2, 0.25) is 0 Å². The highest BCUT2D eigenvalue weighted by Gasteiger charge is 2.14. The lowest BCUT2D eigenvalue weighted by Gasteiger charge is -2.09. The van der Waals surface area contributed by atoms with E-state index in [0.29, 0.717) is 0 Å². The Morgan fingerprint density at radius 3 is 2.59 bits per heavy atom. The second kappa shape index (κ2) is 9.11. The number of benzene rings is 2. The van der Waals surface area contributed by atoms with Crippen molar-refractivity contribution in [2.45, 2.75) is 6.54 Å². The molecule has 3 aromatic rings. The molecule has 7 nitrogen and oxygen atoms in total. The second-order valence-electron chi connectivity index (χ2n) is 5.95. The quantitative estimate of drug-likeness (QED) is 0.625. The first-order valence-corrected chi connectivity index (χ1v) is 8.84. The first-order chi connectivity index (χ1) is 13.9. The van der Waals surface area contributed by atoms with Crippen LogP contribution in [-0.2, 0) is 16.1 Å². The van der Waals surface area contributed by atoms with Crippen LogP contribution in [0.5, 0.6) is 0 Å². The Kier molecular flexibility index (Phi) is 6.36. The Bertz CT molecular complexity index is 1100. The molecule has 0 saturated heterocycles. The maximum atomic E-state index is 13.0. The molecule has 29 heavy (non-hydrogen) atoms. The zero-order valence-corrected chi connectivity index (χ0v) is 15.7. The molecule has 0 spiro atoms. The molecule has 1 heterocycles. The van der Waals surface area contributed by atoms with E-state index in [4.69, 9.17) is 16.3 Å². The molecule has 0 atom stereocenters. The number of rotatable bonds is 6. The van der Waals surface area contributed by atoms with Crippen molar-refractivity contribution in [1.29, 1.82) is 0 Å². The SMILES string of the molecule is O=C(COC(=O)c1ccc(=O)n(Cc2ccccc2)n1)Nc1ccc(F)cc1Cl. The monoisotopic (exact) mass is 415 g/mol. The van der Waals surface area contributed by atoms with Gasteiger partial charge in [0.25, 0.3) is 11.5 Å². The number of esters is 1. The van der Waals surface area contributed by atoms with Crippen molar-refractivity contribution < 1.29 is 18.7 Å². The van der Waals surface area contributed by atoms with Crippen molar-refractivity contribution >= 4 is 29.2 Å². The average molecular weight is 416 g/mol. The predicted octanol–water partition coefficient (Wildman–Crippen LogP) is 2.88. The van der Waals surface area contributed by atoms with Crippen molar-refractivity contribution in [3.05, 3.63) is 93.1 Å². The lowest BCUT2D eigenvalue weighted by atomic mass is 10.2. The van der Waals surface area contributed by atoms with Gasteiger partial charge in [-0.3, -0.25) is 9.59 Å². The first kappa shape index (κ1) is 20.2. The minimum atomic E-state index is -0.868. The molecule has 1 amide bonds. The van der Waals surface area contributed by atoms with Crippen LogP contribution >= 0.6 is 11.6 Å². The van der Waals surface area contributed by atoms with Gasteiger partial charge in [-0.15, -0.1) is 0 Å². The Morgan fingerprint density at radius 1 is 1.10 bits per heavy atom. The van der Waals surface area contributed by atoms with Crippen molar-refractivity contribution in [1.82, 2.24) is 9.78 Å². The van der Waals surface area contributed by atoms with Crippen LogP contribution in [0.2, 0.25) is 5.02 Å². The van der Waals surface area contributed by atoms with Crippen LogP contribution in [0, 0.1) is 5.82 Å². The fourth-order valence-electron chi connectivity index (χ4n) is 2.41. The number of anilines is 1. The molecule has 1 aromatic heterocycles. The van der Waals surface area contributed by atoms with Gasteiger partial charge in [-0.1, -0.05) is 41.9 Å². The van der Waals surface area contributed by atoms with Crippen molar-refractivity contribution in [3.63, 3.8) is 0 Å². The van der Waals surface area contributed by atoms with Gasteiger partial charge in [0, 0.05) is 6.07 Å². The third-order valence-corrected chi connectivity index (χ3v) is 4.10. The van der Waals surface area contributed by atoms with Gasteiger partial charge in [-0.25, -0.2) is 13.9 Å². The van der Waals surface area contributed by atoms with Crippen molar-refractivity contribution in [2.75, 3.05) is 11.9 Å². The molecule has 2 aromatic carbocycles.